The van der Waals surface area contributed by atoms with E-state index in [1.807, 2.05) is 36.4 Å². The number of nitrogens with zero attached hydrogens (tertiary/aromatic N) is 3. The van der Waals surface area contributed by atoms with E-state index in [1.54, 1.807) is 6.07 Å². The van der Waals surface area contributed by atoms with Crippen LogP contribution in [0.4, 0.5) is 5.82 Å². The van der Waals surface area contributed by atoms with Gasteiger partial charge in [0, 0.05) is 5.39 Å². The predicted octanol–water partition coefficient (Wildman–Crippen LogP) is 4.50. The first-order chi connectivity index (χ1) is 10.6. The molecule has 1 aromatic heterocycles. The Kier molecular flexibility index (Phi) is 2.71. The fraction of sp³-hybridized carbons (Fsp3) is 0. The minimum Gasteiger partial charge on any atom is -0.358 e. The van der Waals surface area contributed by atoms with Gasteiger partial charge in [0.15, 0.2) is 0 Å². The van der Waals surface area contributed by atoms with Crippen LogP contribution in [0.5, 0.6) is 0 Å². The second-order valence-electron chi connectivity index (χ2n) is 4.96. The molecule has 5 nitrogen and oxygen atoms in total. The first-order valence-corrected chi connectivity index (χ1v) is 6.93. The van der Waals surface area contributed by atoms with Crippen LogP contribution in [-0.2, 0) is 0 Å². The summed E-state index contributed by atoms with van der Waals surface area (Å²) in [6.45, 7) is 0. The van der Waals surface area contributed by atoms with Gasteiger partial charge in [0.05, 0.1) is 5.02 Å². The van der Waals surface area contributed by atoms with Crippen molar-refractivity contribution in [3.63, 3.8) is 0 Å². The number of fused-ring (bicyclic) bond motifs is 4. The summed E-state index contributed by atoms with van der Waals surface area (Å²) in [6, 6.07) is 13.5. The van der Waals surface area contributed by atoms with E-state index < -0.39 is 4.92 Å². The zero-order chi connectivity index (χ0) is 15.3. The molecule has 0 saturated heterocycles. The molecule has 0 N–H and O–H groups in total. The third-order valence-electron chi connectivity index (χ3n) is 3.70. The van der Waals surface area contributed by atoms with Crippen LogP contribution in [0.3, 0.4) is 0 Å². The zero-order valence-corrected chi connectivity index (χ0v) is 11.9. The molecule has 0 radical (unpaired) electrons. The molecule has 0 saturated carbocycles. The molecule has 3 aromatic carbocycles. The van der Waals surface area contributed by atoms with Crippen molar-refractivity contribution in [1.82, 2.24) is 9.97 Å². The highest BCUT2D eigenvalue weighted by atomic mass is 35.5. The van der Waals surface area contributed by atoms with Crippen LogP contribution in [-0.4, -0.2) is 14.9 Å². The minimum absolute atomic E-state index is 0.229. The molecule has 106 valence electrons. The second kappa shape index (κ2) is 4.61. The molecule has 0 aliphatic carbocycles. The largest absolute Gasteiger partial charge is 0.375 e. The van der Waals surface area contributed by atoms with E-state index >= 15 is 0 Å². The Labute approximate surface area is 129 Å². The van der Waals surface area contributed by atoms with Gasteiger partial charge in [-0.2, -0.15) is 0 Å². The highest BCUT2D eigenvalue weighted by Gasteiger charge is 2.19. The lowest BCUT2D eigenvalue weighted by Gasteiger charge is -2.07. The van der Waals surface area contributed by atoms with Crippen molar-refractivity contribution >= 4 is 49.9 Å². The molecule has 0 spiro atoms. The molecular formula is C16H8ClN3O2. The topological polar surface area (TPSA) is 68.9 Å². The van der Waals surface area contributed by atoms with Gasteiger partial charge in [-0.25, -0.2) is 4.98 Å². The van der Waals surface area contributed by atoms with Crippen molar-refractivity contribution in [2.24, 2.45) is 0 Å². The number of benzene rings is 3. The molecule has 0 fully saturated rings. The Balaban J connectivity index is 2.30. The van der Waals surface area contributed by atoms with Gasteiger partial charge in [0.2, 0.25) is 6.33 Å². The lowest BCUT2D eigenvalue weighted by molar-refractivity contribution is -0.387. The molecule has 0 aliphatic rings. The van der Waals surface area contributed by atoms with Gasteiger partial charge in [0.25, 0.3) is 0 Å². The van der Waals surface area contributed by atoms with Gasteiger partial charge >= 0.3 is 5.82 Å². The third kappa shape index (κ3) is 1.79. The molecule has 0 amide bonds. The fourth-order valence-electron chi connectivity index (χ4n) is 2.74. The van der Waals surface area contributed by atoms with Crippen molar-refractivity contribution in [3.05, 3.63) is 63.9 Å². The zero-order valence-electron chi connectivity index (χ0n) is 11.2. The standard InChI is InChI=1S/C16H8ClN3O2/c17-13-7-11-5-9-3-1-2-4-10(9)6-12(11)14-15(13)18-8-19-16(14)20(21)22/h1-8H. The number of halogens is 1. The number of hydrogen-bond donors (Lipinski definition) is 0. The summed E-state index contributed by atoms with van der Waals surface area (Å²) in [7, 11) is 0. The summed E-state index contributed by atoms with van der Waals surface area (Å²) in [5.41, 5.74) is 0.395. The first-order valence-electron chi connectivity index (χ1n) is 6.55. The molecule has 6 heteroatoms. The Bertz CT molecular complexity index is 1080. The van der Waals surface area contributed by atoms with Crippen molar-refractivity contribution in [3.8, 4) is 0 Å². The summed E-state index contributed by atoms with van der Waals surface area (Å²) in [6.07, 6.45) is 1.17. The lowest BCUT2D eigenvalue weighted by Crippen LogP contribution is -1.96. The molecule has 4 rings (SSSR count). The smallest absolute Gasteiger partial charge is 0.358 e. The molecular weight excluding hydrogens is 302 g/mol. The van der Waals surface area contributed by atoms with E-state index in [0.29, 0.717) is 15.9 Å². The predicted molar refractivity (Wildman–Crippen MR) is 86.2 cm³/mol. The van der Waals surface area contributed by atoms with Crippen LogP contribution in [0.1, 0.15) is 0 Å². The van der Waals surface area contributed by atoms with E-state index in [0.717, 1.165) is 21.5 Å². The Morgan fingerprint density at radius 1 is 1.00 bits per heavy atom. The molecule has 0 unspecified atom stereocenters. The normalized spacial score (nSPS) is 11.3. The average molecular weight is 310 g/mol. The maximum absolute atomic E-state index is 11.3. The van der Waals surface area contributed by atoms with Gasteiger partial charge in [-0.15, -0.1) is 0 Å². The van der Waals surface area contributed by atoms with Gasteiger partial charge in [-0.3, -0.25) is 0 Å². The summed E-state index contributed by atoms with van der Waals surface area (Å²) >= 11 is 6.25. The molecule has 22 heavy (non-hydrogen) atoms. The maximum Gasteiger partial charge on any atom is 0.375 e. The SMILES string of the molecule is O=[N+]([O-])c1ncnc2c(Cl)cc3cc4ccccc4cc3c12. The van der Waals surface area contributed by atoms with Crippen LogP contribution < -0.4 is 0 Å². The van der Waals surface area contributed by atoms with Crippen molar-refractivity contribution in [2.75, 3.05) is 0 Å². The summed E-state index contributed by atoms with van der Waals surface area (Å²) < 4.78 is 0. The van der Waals surface area contributed by atoms with Crippen LogP contribution in [0.15, 0.2) is 48.8 Å². The van der Waals surface area contributed by atoms with Crippen LogP contribution >= 0.6 is 11.6 Å². The molecule has 0 aliphatic heterocycles. The summed E-state index contributed by atoms with van der Waals surface area (Å²) in [4.78, 5) is 18.7. The Morgan fingerprint density at radius 2 is 1.73 bits per heavy atom. The molecule has 0 bridgehead atoms. The monoisotopic (exact) mass is 309 g/mol. The third-order valence-corrected chi connectivity index (χ3v) is 3.98. The van der Waals surface area contributed by atoms with Gasteiger partial charge in [-0.1, -0.05) is 35.9 Å². The van der Waals surface area contributed by atoms with E-state index in [-0.39, 0.29) is 5.82 Å². The van der Waals surface area contributed by atoms with Gasteiger partial charge in [-0.05, 0) is 44.3 Å². The lowest BCUT2D eigenvalue weighted by atomic mass is 10.0. The Hall–Kier alpha value is -2.79. The number of hydrogen-bond acceptors (Lipinski definition) is 4. The quantitative estimate of drug-likeness (QED) is 0.225. The molecule has 0 atom stereocenters. The molecule has 4 aromatic rings. The second-order valence-corrected chi connectivity index (χ2v) is 5.36. The Morgan fingerprint density at radius 3 is 2.45 bits per heavy atom. The van der Waals surface area contributed by atoms with Gasteiger partial charge in [0.1, 0.15) is 10.9 Å². The average Bonchev–Trinajstić information content (AvgIpc) is 2.53. The number of aromatic nitrogens is 2. The maximum atomic E-state index is 11.3. The highest BCUT2D eigenvalue weighted by molar-refractivity contribution is 6.37. The highest BCUT2D eigenvalue weighted by Crippen LogP contribution is 2.36. The van der Waals surface area contributed by atoms with E-state index in [4.69, 9.17) is 11.6 Å². The van der Waals surface area contributed by atoms with E-state index in [1.165, 1.54) is 6.33 Å². The van der Waals surface area contributed by atoms with Crippen molar-refractivity contribution in [2.45, 2.75) is 0 Å². The number of nitro groups is 1. The van der Waals surface area contributed by atoms with Crippen LogP contribution in [0.25, 0.3) is 32.4 Å². The first kappa shape index (κ1) is 12.9. The van der Waals surface area contributed by atoms with E-state index in [9.17, 15) is 10.1 Å². The summed E-state index contributed by atoms with van der Waals surface area (Å²) in [5, 5.41) is 15.7. The van der Waals surface area contributed by atoms with Crippen molar-refractivity contribution in [1.29, 1.82) is 0 Å². The van der Waals surface area contributed by atoms with E-state index in [2.05, 4.69) is 9.97 Å². The number of rotatable bonds is 1. The summed E-state index contributed by atoms with van der Waals surface area (Å²) in [5.74, 6) is -0.229. The minimum atomic E-state index is -0.505. The van der Waals surface area contributed by atoms with Crippen LogP contribution in [0.2, 0.25) is 5.02 Å². The van der Waals surface area contributed by atoms with Crippen molar-refractivity contribution < 1.29 is 4.92 Å². The molecule has 1 heterocycles. The fourth-order valence-corrected chi connectivity index (χ4v) is 3.00. The van der Waals surface area contributed by atoms with Gasteiger partial charge < -0.3 is 10.1 Å². The van der Waals surface area contributed by atoms with Crippen LogP contribution in [0, 0.1) is 10.1 Å².